The quantitative estimate of drug-likeness (QED) is 0.512. The fourth-order valence-electron chi connectivity index (χ4n) is 2.91. The molecule has 2 N–H and O–H groups in total. The van der Waals surface area contributed by atoms with E-state index in [4.69, 9.17) is 42.6 Å². The van der Waals surface area contributed by atoms with E-state index in [0.29, 0.717) is 16.5 Å². The summed E-state index contributed by atoms with van der Waals surface area (Å²) >= 11 is 11.6. The number of allylic oxidation sites excluding steroid dienone is 3. The first kappa shape index (κ1) is 21.7. The Labute approximate surface area is 176 Å². The Morgan fingerprint density at radius 2 is 2.00 bits per heavy atom. The maximum Gasteiger partial charge on any atom is 0.338 e. The minimum atomic E-state index is -1.87. The van der Waals surface area contributed by atoms with Crippen LogP contribution >= 0.6 is 23.2 Å². The summed E-state index contributed by atoms with van der Waals surface area (Å²) in [5, 5.41) is 10.0. The lowest BCUT2D eigenvalue weighted by molar-refractivity contribution is -0.158. The fourth-order valence-corrected chi connectivity index (χ4v) is 3.20. The van der Waals surface area contributed by atoms with E-state index < -0.39 is 42.5 Å². The Morgan fingerprint density at radius 3 is 2.62 bits per heavy atom. The van der Waals surface area contributed by atoms with Gasteiger partial charge in [0.2, 0.25) is 0 Å². The minimum absolute atomic E-state index is 0.241. The Hall–Kier alpha value is -1.97. The van der Waals surface area contributed by atoms with Crippen LogP contribution in [0.25, 0.3) is 0 Å². The van der Waals surface area contributed by atoms with E-state index in [1.165, 1.54) is 24.3 Å². The zero-order valence-corrected chi connectivity index (χ0v) is 16.5. The molecule has 0 bridgehead atoms. The summed E-state index contributed by atoms with van der Waals surface area (Å²) in [7, 11) is 0. The van der Waals surface area contributed by atoms with Crippen LogP contribution in [0.15, 0.2) is 47.5 Å². The van der Waals surface area contributed by atoms with Crippen LogP contribution in [0.4, 0.5) is 4.39 Å². The second-order valence-electron chi connectivity index (χ2n) is 6.47. The smallest absolute Gasteiger partial charge is 0.338 e. The molecule has 1 aromatic carbocycles. The van der Waals surface area contributed by atoms with Gasteiger partial charge in [-0.05, 0) is 36.8 Å². The monoisotopic (exact) mass is 445 g/mol. The summed E-state index contributed by atoms with van der Waals surface area (Å²) < 4.78 is 30.3. The lowest BCUT2D eigenvalue weighted by Crippen LogP contribution is -2.40. The number of carbonyl (C=O) groups is 2. The minimum Gasteiger partial charge on any atom is -0.459 e. The average molecular weight is 446 g/mol. The molecule has 0 spiro atoms. The topological polar surface area (TPSA) is 94.1 Å². The molecule has 156 valence electrons. The number of hydrogen-bond donors (Lipinski definition) is 2. The highest BCUT2D eigenvalue weighted by atomic mass is 35.5. The van der Waals surface area contributed by atoms with Gasteiger partial charge in [0.25, 0.3) is 0 Å². The predicted octanol–water partition coefficient (Wildman–Crippen LogP) is 3.15. The zero-order valence-electron chi connectivity index (χ0n) is 15.0. The van der Waals surface area contributed by atoms with Gasteiger partial charge in [0.05, 0.1) is 11.5 Å². The molecular weight excluding hydrogens is 428 g/mol. The van der Waals surface area contributed by atoms with Gasteiger partial charge in [-0.15, -0.1) is 0 Å². The molecule has 10 heteroatoms. The van der Waals surface area contributed by atoms with Crippen LogP contribution in [0.2, 0.25) is 5.02 Å². The van der Waals surface area contributed by atoms with Crippen molar-refractivity contribution in [2.24, 2.45) is 5.92 Å². The Bertz CT molecular complexity index is 815. The number of ether oxygens (including phenoxy) is 3. The summed E-state index contributed by atoms with van der Waals surface area (Å²) in [6.45, 7) is -0.385. The Kier molecular flexibility index (Phi) is 7.26. The summed E-state index contributed by atoms with van der Waals surface area (Å²) in [5.74, 6) is -1.98. The van der Waals surface area contributed by atoms with Gasteiger partial charge < -0.3 is 19.4 Å². The predicted molar refractivity (Wildman–Crippen MR) is 101 cm³/mol. The molecule has 0 saturated carbocycles. The van der Waals surface area contributed by atoms with Gasteiger partial charge in [-0.1, -0.05) is 35.4 Å². The third kappa shape index (κ3) is 5.34. The third-order valence-electron chi connectivity index (χ3n) is 4.49. The SMILES string of the molecule is O=C(OCC1OC(NO)[C@@H](F)[C@@H]1OC(=O)C1C=CC(Cl)=CC1)c1ccc(Cl)cc1. The normalized spacial score (nSPS) is 28.7. The van der Waals surface area contributed by atoms with Crippen LogP contribution in [-0.2, 0) is 19.0 Å². The first-order chi connectivity index (χ1) is 13.9. The lowest BCUT2D eigenvalue weighted by Gasteiger charge is -2.22. The number of halogens is 3. The highest BCUT2D eigenvalue weighted by molar-refractivity contribution is 6.31. The van der Waals surface area contributed by atoms with Crippen LogP contribution in [-0.4, -0.2) is 48.4 Å². The molecule has 1 heterocycles. The van der Waals surface area contributed by atoms with Crippen LogP contribution in [0.3, 0.4) is 0 Å². The van der Waals surface area contributed by atoms with E-state index in [-0.39, 0.29) is 12.2 Å². The molecule has 1 aliphatic carbocycles. The number of hydrogen-bond acceptors (Lipinski definition) is 7. The van der Waals surface area contributed by atoms with Gasteiger partial charge in [-0.2, -0.15) is 5.48 Å². The van der Waals surface area contributed by atoms with Gasteiger partial charge in [-0.3, -0.25) is 4.79 Å². The molecule has 2 aliphatic rings. The van der Waals surface area contributed by atoms with Crippen molar-refractivity contribution in [2.45, 2.75) is 31.0 Å². The first-order valence-electron chi connectivity index (χ1n) is 8.75. The second-order valence-corrected chi connectivity index (χ2v) is 7.34. The number of rotatable bonds is 6. The van der Waals surface area contributed by atoms with E-state index >= 15 is 0 Å². The van der Waals surface area contributed by atoms with Crippen molar-refractivity contribution < 1.29 is 33.4 Å². The van der Waals surface area contributed by atoms with Gasteiger partial charge in [0, 0.05) is 10.1 Å². The van der Waals surface area contributed by atoms with Crippen molar-refractivity contribution in [1.82, 2.24) is 5.48 Å². The Morgan fingerprint density at radius 1 is 1.28 bits per heavy atom. The highest BCUT2D eigenvalue weighted by Gasteiger charge is 2.48. The second kappa shape index (κ2) is 9.69. The number of alkyl halides is 1. The summed E-state index contributed by atoms with van der Waals surface area (Å²) in [5.41, 5.74) is 1.91. The maximum absolute atomic E-state index is 14.6. The lowest BCUT2D eigenvalue weighted by atomic mass is 10.0. The molecule has 3 unspecified atom stereocenters. The van der Waals surface area contributed by atoms with E-state index in [0.717, 1.165) is 0 Å². The Balaban J connectivity index is 1.62. The summed E-state index contributed by atoms with van der Waals surface area (Å²) in [6, 6.07) is 6.00. The molecule has 1 saturated heterocycles. The van der Waals surface area contributed by atoms with E-state index in [1.54, 1.807) is 23.7 Å². The van der Waals surface area contributed by atoms with E-state index in [2.05, 4.69) is 0 Å². The third-order valence-corrected chi connectivity index (χ3v) is 5.02. The van der Waals surface area contributed by atoms with Crippen molar-refractivity contribution >= 4 is 35.1 Å². The fraction of sp³-hybridized carbons (Fsp3) is 0.368. The van der Waals surface area contributed by atoms with Gasteiger partial charge in [-0.25, -0.2) is 9.18 Å². The molecule has 3 rings (SSSR count). The first-order valence-corrected chi connectivity index (χ1v) is 9.51. The molecule has 0 radical (unpaired) electrons. The van der Waals surface area contributed by atoms with Crippen LogP contribution in [0.1, 0.15) is 16.8 Å². The molecule has 5 atom stereocenters. The van der Waals surface area contributed by atoms with Crippen LogP contribution in [0, 0.1) is 5.92 Å². The number of benzene rings is 1. The number of esters is 2. The van der Waals surface area contributed by atoms with Gasteiger partial charge >= 0.3 is 11.9 Å². The van der Waals surface area contributed by atoms with Crippen molar-refractivity contribution in [3.8, 4) is 0 Å². The van der Waals surface area contributed by atoms with Gasteiger partial charge in [0.1, 0.15) is 12.7 Å². The molecule has 29 heavy (non-hydrogen) atoms. The molecular formula is C19H18Cl2FNO6. The van der Waals surface area contributed by atoms with Crippen molar-refractivity contribution in [3.05, 3.63) is 58.1 Å². The molecule has 0 amide bonds. The van der Waals surface area contributed by atoms with Gasteiger partial charge in [0.15, 0.2) is 18.5 Å². The molecule has 1 aromatic rings. The summed E-state index contributed by atoms with van der Waals surface area (Å²) in [4.78, 5) is 24.5. The van der Waals surface area contributed by atoms with Crippen LogP contribution < -0.4 is 5.48 Å². The molecule has 1 fully saturated rings. The molecule has 1 aliphatic heterocycles. The van der Waals surface area contributed by atoms with Crippen molar-refractivity contribution in [3.63, 3.8) is 0 Å². The molecule has 0 aromatic heterocycles. The highest BCUT2D eigenvalue weighted by Crippen LogP contribution is 2.28. The largest absolute Gasteiger partial charge is 0.459 e. The standard InChI is InChI=1S/C19H18Cl2FNO6/c20-12-5-1-10(2-6-12)18(24)27-9-14-16(15(22)17(23-26)28-14)29-19(25)11-3-7-13(21)8-4-11/h1-3,5-8,11,14-17,23,26H,4,9H2/t11?,14?,15-,16+,17?/m0/s1. The number of carbonyl (C=O) groups excluding carboxylic acids is 2. The van der Waals surface area contributed by atoms with E-state index in [1.807, 2.05) is 0 Å². The number of nitrogens with one attached hydrogen (secondary N) is 1. The average Bonchev–Trinajstić information content (AvgIpc) is 3.02. The van der Waals surface area contributed by atoms with Crippen LogP contribution in [0.5, 0.6) is 0 Å². The molecule has 7 nitrogen and oxygen atoms in total. The zero-order chi connectivity index (χ0) is 21.0. The van der Waals surface area contributed by atoms with Crippen molar-refractivity contribution in [2.75, 3.05) is 6.61 Å². The maximum atomic E-state index is 14.6. The van der Waals surface area contributed by atoms with Crippen molar-refractivity contribution in [1.29, 1.82) is 0 Å². The number of hydroxylamine groups is 1. The summed E-state index contributed by atoms with van der Waals surface area (Å²) in [6.07, 6.45) is -0.700. The van der Waals surface area contributed by atoms with E-state index in [9.17, 15) is 14.0 Å².